The number of hydrogen-bond donors (Lipinski definition) is 1. The smallest absolute Gasteiger partial charge is 0.178 e. The molecule has 1 aromatic carbocycles. The lowest BCUT2D eigenvalue weighted by molar-refractivity contribution is 0.291. The molecule has 0 amide bonds. The van der Waals surface area contributed by atoms with Gasteiger partial charge in [0.05, 0.1) is 20.6 Å². The second kappa shape index (κ2) is 4.78. The standard InChI is InChI=1S/C14H15FIN3S/c15-8-6-13-10(7-9(8)16)17-14(20)19(13)12-3-5-18-4-1-2-11(12)18/h6-7,11-12H,1-5H2,(H,17,20). The highest BCUT2D eigenvalue weighted by atomic mass is 127. The van der Waals surface area contributed by atoms with Gasteiger partial charge in [0.1, 0.15) is 5.82 Å². The average molecular weight is 403 g/mol. The van der Waals surface area contributed by atoms with Crippen molar-refractivity contribution in [3.05, 3.63) is 26.3 Å². The lowest BCUT2D eigenvalue weighted by Gasteiger charge is -2.22. The molecule has 106 valence electrons. The summed E-state index contributed by atoms with van der Waals surface area (Å²) >= 11 is 7.52. The summed E-state index contributed by atoms with van der Waals surface area (Å²) in [5.74, 6) is -0.165. The first-order valence-electron chi connectivity index (χ1n) is 6.98. The van der Waals surface area contributed by atoms with E-state index in [0.29, 0.717) is 15.7 Å². The molecule has 2 fully saturated rings. The Morgan fingerprint density at radius 1 is 1.25 bits per heavy atom. The normalized spacial score (nSPS) is 26.5. The van der Waals surface area contributed by atoms with Gasteiger partial charge in [0.25, 0.3) is 0 Å². The molecule has 0 bridgehead atoms. The first-order valence-corrected chi connectivity index (χ1v) is 8.47. The third-order valence-corrected chi connectivity index (χ3v) is 5.79. The summed E-state index contributed by atoms with van der Waals surface area (Å²) in [5, 5.41) is 0. The molecule has 2 aromatic rings. The van der Waals surface area contributed by atoms with Crippen LogP contribution in [-0.4, -0.2) is 33.6 Å². The molecular formula is C14H15FIN3S. The number of aromatic amines is 1. The lowest BCUT2D eigenvalue weighted by atomic mass is 10.1. The van der Waals surface area contributed by atoms with E-state index in [1.165, 1.54) is 19.4 Å². The van der Waals surface area contributed by atoms with E-state index in [9.17, 15) is 4.39 Å². The number of imidazole rings is 1. The Balaban J connectivity index is 1.89. The van der Waals surface area contributed by atoms with Crippen LogP contribution in [-0.2, 0) is 0 Å². The van der Waals surface area contributed by atoms with Crippen LogP contribution >= 0.6 is 34.8 Å². The minimum Gasteiger partial charge on any atom is -0.331 e. The summed E-state index contributed by atoms with van der Waals surface area (Å²) in [4.78, 5) is 5.79. The van der Waals surface area contributed by atoms with Crippen LogP contribution in [0.15, 0.2) is 12.1 Å². The maximum Gasteiger partial charge on any atom is 0.178 e. The van der Waals surface area contributed by atoms with Crippen molar-refractivity contribution in [1.29, 1.82) is 0 Å². The Hall–Kier alpha value is -0.470. The topological polar surface area (TPSA) is 24.0 Å². The van der Waals surface area contributed by atoms with Crippen LogP contribution in [0.3, 0.4) is 0 Å². The first kappa shape index (κ1) is 13.2. The van der Waals surface area contributed by atoms with E-state index in [1.807, 2.05) is 28.7 Å². The van der Waals surface area contributed by atoms with E-state index >= 15 is 0 Å². The zero-order valence-corrected chi connectivity index (χ0v) is 13.9. The molecule has 2 aliphatic rings. The fourth-order valence-corrected chi connectivity index (χ4v) is 4.62. The lowest BCUT2D eigenvalue weighted by Crippen LogP contribution is -2.27. The number of H-pyrrole nitrogens is 1. The van der Waals surface area contributed by atoms with Gasteiger partial charge in [0, 0.05) is 18.7 Å². The van der Waals surface area contributed by atoms with Gasteiger partial charge < -0.3 is 9.55 Å². The second-order valence-corrected chi connectivity index (χ2v) is 7.23. The van der Waals surface area contributed by atoms with Crippen molar-refractivity contribution in [3.63, 3.8) is 0 Å². The SMILES string of the molecule is Fc1cc2c(cc1I)[nH]c(=S)n2C1CCN2CCCC12. The zero-order valence-electron chi connectivity index (χ0n) is 10.9. The Bertz CT molecular complexity index is 738. The summed E-state index contributed by atoms with van der Waals surface area (Å²) in [6, 6.07) is 4.43. The number of hydrogen-bond acceptors (Lipinski definition) is 2. The molecule has 0 aliphatic carbocycles. The van der Waals surface area contributed by atoms with Gasteiger partial charge in [-0.15, -0.1) is 0 Å². The molecule has 2 unspecified atom stereocenters. The van der Waals surface area contributed by atoms with E-state index in [1.54, 1.807) is 6.07 Å². The van der Waals surface area contributed by atoms with E-state index in [-0.39, 0.29) is 5.82 Å². The van der Waals surface area contributed by atoms with Gasteiger partial charge in [-0.2, -0.15) is 0 Å². The maximum atomic E-state index is 13.9. The van der Waals surface area contributed by atoms with Crippen molar-refractivity contribution in [3.8, 4) is 0 Å². The molecule has 2 saturated heterocycles. The molecule has 0 spiro atoms. The van der Waals surface area contributed by atoms with Gasteiger partial charge in [-0.3, -0.25) is 4.90 Å². The molecule has 3 heterocycles. The van der Waals surface area contributed by atoms with Crippen LogP contribution < -0.4 is 0 Å². The summed E-state index contributed by atoms with van der Waals surface area (Å²) < 4.78 is 17.4. The summed E-state index contributed by atoms with van der Waals surface area (Å²) in [6.45, 7) is 2.33. The summed E-state index contributed by atoms with van der Waals surface area (Å²) in [5.41, 5.74) is 1.85. The van der Waals surface area contributed by atoms with Gasteiger partial charge in [0.15, 0.2) is 4.77 Å². The summed E-state index contributed by atoms with van der Waals surface area (Å²) in [7, 11) is 0. The number of nitrogens with zero attached hydrogens (tertiary/aromatic N) is 2. The Morgan fingerprint density at radius 3 is 2.95 bits per heavy atom. The number of halogens is 2. The number of aromatic nitrogens is 2. The van der Waals surface area contributed by atoms with Crippen molar-refractivity contribution < 1.29 is 4.39 Å². The molecule has 3 nitrogen and oxygen atoms in total. The minimum absolute atomic E-state index is 0.165. The van der Waals surface area contributed by atoms with E-state index in [4.69, 9.17) is 12.2 Å². The molecule has 4 rings (SSSR count). The van der Waals surface area contributed by atoms with Crippen molar-refractivity contribution in [2.24, 2.45) is 0 Å². The monoisotopic (exact) mass is 403 g/mol. The molecule has 1 aromatic heterocycles. The molecule has 0 radical (unpaired) electrons. The van der Waals surface area contributed by atoms with Crippen molar-refractivity contribution >= 4 is 45.8 Å². The van der Waals surface area contributed by atoms with Gasteiger partial charge in [-0.1, -0.05) is 0 Å². The molecule has 2 atom stereocenters. The van der Waals surface area contributed by atoms with Crippen molar-refractivity contribution in [2.75, 3.05) is 13.1 Å². The van der Waals surface area contributed by atoms with Crippen LogP contribution in [0.5, 0.6) is 0 Å². The Kier molecular flexibility index (Phi) is 3.15. The van der Waals surface area contributed by atoms with Crippen LogP contribution in [0.4, 0.5) is 4.39 Å². The van der Waals surface area contributed by atoms with Crippen LogP contribution in [0.1, 0.15) is 25.3 Å². The van der Waals surface area contributed by atoms with Gasteiger partial charge in [-0.05, 0) is 66.7 Å². The molecule has 1 N–H and O–H groups in total. The van der Waals surface area contributed by atoms with Crippen molar-refractivity contribution in [2.45, 2.75) is 31.3 Å². The average Bonchev–Trinajstić information content (AvgIpc) is 3.05. The summed E-state index contributed by atoms with van der Waals surface area (Å²) in [6.07, 6.45) is 3.61. The number of rotatable bonds is 1. The highest BCUT2D eigenvalue weighted by Gasteiger charge is 2.38. The van der Waals surface area contributed by atoms with Gasteiger partial charge >= 0.3 is 0 Å². The third kappa shape index (κ3) is 1.88. The van der Waals surface area contributed by atoms with E-state index in [0.717, 1.165) is 28.8 Å². The minimum atomic E-state index is -0.165. The molecule has 6 heteroatoms. The number of nitrogens with one attached hydrogen (secondary N) is 1. The number of benzene rings is 1. The van der Waals surface area contributed by atoms with Gasteiger partial charge in [-0.25, -0.2) is 4.39 Å². The molecule has 2 aliphatic heterocycles. The van der Waals surface area contributed by atoms with Crippen LogP contribution in [0, 0.1) is 14.2 Å². The first-order chi connectivity index (χ1) is 9.65. The molecular weight excluding hydrogens is 388 g/mol. The van der Waals surface area contributed by atoms with Crippen LogP contribution in [0.2, 0.25) is 0 Å². The largest absolute Gasteiger partial charge is 0.331 e. The fourth-order valence-electron chi connectivity index (χ4n) is 3.81. The number of fused-ring (bicyclic) bond motifs is 2. The second-order valence-electron chi connectivity index (χ2n) is 5.69. The molecule has 0 saturated carbocycles. The quantitative estimate of drug-likeness (QED) is 0.578. The predicted octanol–water partition coefficient (Wildman–Crippen LogP) is 3.85. The van der Waals surface area contributed by atoms with E-state index in [2.05, 4.69) is 14.5 Å². The van der Waals surface area contributed by atoms with Crippen LogP contribution in [0.25, 0.3) is 11.0 Å². The molecule has 20 heavy (non-hydrogen) atoms. The zero-order chi connectivity index (χ0) is 13.9. The fraction of sp³-hybridized carbons (Fsp3) is 0.500. The van der Waals surface area contributed by atoms with Crippen molar-refractivity contribution in [1.82, 2.24) is 14.5 Å². The highest BCUT2D eigenvalue weighted by Crippen LogP contribution is 2.38. The Labute approximate surface area is 135 Å². The van der Waals surface area contributed by atoms with E-state index < -0.39 is 0 Å². The third-order valence-electron chi connectivity index (χ3n) is 4.66. The van der Waals surface area contributed by atoms with Gasteiger partial charge in [0.2, 0.25) is 0 Å². The maximum absolute atomic E-state index is 13.9. The Morgan fingerprint density at radius 2 is 2.10 bits per heavy atom. The predicted molar refractivity (Wildman–Crippen MR) is 88.0 cm³/mol. The highest BCUT2D eigenvalue weighted by molar-refractivity contribution is 14.1.